The van der Waals surface area contributed by atoms with Gasteiger partial charge in [-0.3, -0.25) is 19.9 Å². The molecule has 8 heteroatoms. The second kappa shape index (κ2) is 22.9. The standard InChI is InChI=1S/C46H30N4.C38H24N4/c1-3-15-31(16-4-1)40-30-41(48-46(47-40)32-17-5-2-6-18-32)33-27-34(49-42-23-11-7-19-36(42)37-20-8-12-24-43(37)49)29-35(28-33)50-44-25-13-9-21-38(44)39-22-10-14-26-45(39)50;1-2-4-32-31(3-1)35-21-27(29-7-11-37(41-23-29)25-13-17-39-18-14-25)5-9-33(35)34-10-6-28(22-36(32)34)30-8-12-38(42-24-30)26-15-19-40-20-16-26/h1-30H;1-24H. The minimum Gasteiger partial charge on any atom is -0.309 e. The van der Waals surface area contributed by atoms with E-state index in [-0.39, 0.29) is 0 Å². The van der Waals surface area contributed by atoms with Crippen molar-refractivity contribution in [2.24, 2.45) is 0 Å². The normalized spacial score (nSPS) is 11.5. The largest absolute Gasteiger partial charge is 0.309 e. The van der Waals surface area contributed by atoms with E-state index >= 15 is 0 Å². The number of aromatic nitrogens is 8. The SMILES string of the molecule is c1ccc(-c2cc(-c3cc(-n4c5ccccc5c5ccccc54)cc(-n4c5ccccc5c5ccccc54)c3)nc(-c3ccccc3)n2)cc1.c1ccc2c(c1)c1cc(-c3ccc(-c4ccncc4)nc3)ccc1c1ccc(-c3ccc(-c4ccncc4)nc3)cc21. The Balaban J connectivity index is 0.000000143. The Morgan fingerprint density at radius 3 is 0.967 bits per heavy atom. The minimum absolute atomic E-state index is 0.697. The van der Waals surface area contributed by atoms with Crippen LogP contribution in [0.3, 0.4) is 0 Å². The molecule has 0 fully saturated rings. The third-order valence-electron chi connectivity index (χ3n) is 17.7. The number of nitrogens with zero attached hydrogens (tertiary/aromatic N) is 8. The lowest BCUT2D eigenvalue weighted by Crippen LogP contribution is -2.01. The Morgan fingerprint density at radius 2 is 0.554 bits per heavy atom. The minimum atomic E-state index is 0.697. The van der Waals surface area contributed by atoms with E-state index in [1.165, 1.54) is 53.9 Å². The first kappa shape index (κ1) is 53.7. The third kappa shape index (κ3) is 9.67. The van der Waals surface area contributed by atoms with Crippen molar-refractivity contribution in [3.05, 3.63) is 328 Å². The van der Waals surface area contributed by atoms with Crippen LogP contribution in [0.15, 0.2) is 328 Å². The number of pyridine rings is 4. The van der Waals surface area contributed by atoms with Crippen molar-refractivity contribution in [1.29, 1.82) is 0 Å². The van der Waals surface area contributed by atoms with Crippen LogP contribution in [0.1, 0.15) is 0 Å². The zero-order valence-corrected chi connectivity index (χ0v) is 49.8. The van der Waals surface area contributed by atoms with Gasteiger partial charge in [0, 0.05) is 109 Å². The van der Waals surface area contributed by atoms with Gasteiger partial charge >= 0.3 is 0 Å². The molecule has 0 bridgehead atoms. The van der Waals surface area contributed by atoms with Crippen molar-refractivity contribution in [2.45, 2.75) is 0 Å². The van der Waals surface area contributed by atoms with Gasteiger partial charge in [0.15, 0.2) is 5.82 Å². The number of hydrogen-bond acceptors (Lipinski definition) is 6. The summed E-state index contributed by atoms with van der Waals surface area (Å²) < 4.78 is 4.78. The van der Waals surface area contributed by atoms with Crippen molar-refractivity contribution in [3.8, 4) is 90.0 Å². The Labute approximate surface area is 530 Å². The molecule has 11 aromatic carbocycles. The topological polar surface area (TPSA) is 87.2 Å². The first-order valence-corrected chi connectivity index (χ1v) is 30.9. The van der Waals surface area contributed by atoms with Crippen LogP contribution < -0.4 is 0 Å². The molecule has 0 spiro atoms. The maximum atomic E-state index is 5.26. The molecule has 0 amide bonds. The Bertz CT molecular complexity index is 5310. The molecule has 0 unspecified atom stereocenters. The van der Waals surface area contributed by atoms with E-state index in [4.69, 9.17) is 19.9 Å². The fourth-order valence-electron chi connectivity index (χ4n) is 13.3. The zero-order valence-electron chi connectivity index (χ0n) is 49.8. The number of rotatable bonds is 9. The van der Waals surface area contributed by atoms with Gasteiger partial charge < -0.3 is 9.13 Å². The number of benzene rings is 11. The Morgan fingerprint density at radius 1 is 0.207 bits per heavy atom. The van der Waals surface area contributed by atoms with Crippen molar-refractivity contribution < 1.29 is 0 Å². The molecule has 430 valence electrons. The van der Waals surface area contributed by atoms with Crippen LogP contribution in [0, 0.1) is 0 Å². The number of para-hydroxylation sites is 4. The van der Waals surface area contributed by atoms with Crippen molar-refractivity contribution >= 4 is 75.9 Å². The van der Waals surface area contributed by atoms with Gasteiger partial charge in [-0.05, 0) is 141 Å². The van der Waals surface area contributed by atoms with Crippen molar-refractivity contribution in [2.75, 3.05) is 0 Å². The van der Waals surface area contributed by atoms with Crippen molar-refractivity contribution in [3.63, 3.8) is 0 Å². The fourth-order valence-corrected chi connectivity index (χ4v) is 13.3. The number of hydrogen-bond donors (Lipinski definition) is 0. The smallest absolute Gasteiger partial charge is 0.160 e. The fraction of sp³-hybridized carbons (Fsp3) is 0. The van der Waals surface area contributed by atoms with E-state index in [1.54, 1.807) is 24.8 Å². The highest BCUT2D eigenvalue weighted by Gasteiger charge is 2.20. The lowest BCUT2D eigenvalue weighted by atomic mass is 9.90. The first-order valence-electron chi connectivity index (χ1n) is 30.9. The molecule has 92 heavy (non-hydrogen) atoms. The molecule has 0 saturated carbocycles. The lowest BCUT2D eigenvalue weighted by molar-refractivity contribution is 1.13. The van der Waals surface area contributed by atoms with E-state index < -0.39 is 0 Å². The second-order valence-electron chi connectivity index (χ2n) is 23.1. The third-order valence-corrected chi connectivity index (χ3v) is 17.7. The summed E-state index contributed by atoms with van der Waals surface area (Å²) in [5.41, 5.74) is 20.1. The maximum absolute atomic E-state index is 5.26. The maximum Gasteiger partial charge on any atom is 0.160 e. The van der Waals surface area contributed by atoms with Gasteiger partial charge in [0.2, 0.25) is 0 Å². The van der Waals surface area contributed by atoms with Gasteiger partial charge in [-0.25, -0.2) is 9.97 Å². The summed E-state index contributed by atoms with van der Waals surface area (Å²) in [4.78, 5) is 28.1. The summed E-state index contributed by atoms with van der Waals surface area (Å²) in [6.45, 7) is 0. The van der Waals surface area contributed by atoms with E-state index in [0.717, 1.165) is 106 Å². The van der Waals surface area contributed by atoms with Crippen LogP contribution in [-0.2, 0) is 0 Å². The lowest BCUT2D eigenvalue weighted by Gasteiger charge is -2.16. The monoisotopic (exact) mass is 1170 g/mol. The molecular formula is C84H54N8. The van der Waals surface area contributed by atoms with Gasteiger partial charge in [-0.2, -0.15) is 0 Å². The van der Waals surface area contributed by atoms with Gasteiger partial charge in [-0.1, -0.05) is 194 Å². The van der Waals surface area contributed by atoms with E-state index in [0.29, 0.717) is 5.82 Å². The van der Waals surface area contributed by atoms with Gasteiger partial charge in [0.1, 0.15) is 0 Å². The molecule has 18 aromatic rings. The molecule has 8 nitrogen and oxygen atoms in total. The van der Waals surface area contributed by atoms with E-state index in [9.17, 15) is 0 Å². The van der Waals surface area contributed by atoms with Crippen LogP contribution in [-0.4, -0.2) is 39.0 Å². The zero-order chi connectivity index (χ0) is 60.9. The molecular weight excluding hydrogens is 1120 g/mol. The summed E-state index contributed by atoms with van der Waals surface area (Å²) in [7, 11) is 0. The van der Waals surface area contributed by atoms with Crippen LogP contribution in [0.2, 0.25) is 0 Å². The molecule has 0 atom stereocenters. The highest BCUT2D eigenvalue weighted by Crippen LogP contribution is 2.42. The van der Waals surface area contributed by atoms with Gasteiger partial charge in [-0.15, -0.1) is 0 Å². The van der Waals surface area contributed by atoms with Crippen molar-refractivity contribution in [1.82, 2.24) is 39.0 Å². The predicted octanol–water partition coefficient (Wildman–Crippen LogP) is 21.1. The molecule has 0 radical (unpaired) electrons. The molecule has 7 heterocycles. The molecule has 0 aliphatic rings. The Kier molecular flexibility index (Phi) is 13.4. The van der Waals surface area contributed by atoms with Crippen LogP contribution >= 0.6 is 0 Å². The highest BCUT2D eigenvalue weighted by molar-refractivity contribution is 6.26. The molecule has 7 aromatic heterocycles. The summed E-state index contributed by atoms with van der Waals surface area (Å²) in [5, 5.41) is 12.4. The number of fused-ring (bicyclic) bond motifs is 12. The molecule has 18 rings (SSSR count). The quantitative estimate of drug-likeness (QED) is 0.134. The summed E-state index contributed by atoms with van der Waals surface area (Å²) >= 11 is 0. The Hall–Kier alpha value is -12.5. The van der Waals surface area contributed by atoms with Gasteiger partial charge in [0.05, 0.1) is 44.8 Å². The van der Waals surface area contributed by atoms with Crippen LogP contribution in [0.25, 0.3) is 166 Å². The van der Waals surface area contributed by atoms with Gasteiger partial charge in [0.25, 0.3) is 0 Å². The summed E-state index contributed by atoms with van der Waals surface area (Å²) in [6.07, 6.45) is 11.1. The average Bonchev–Trinajstić information content (AvgIpc) is 1.18. The average molecular weight is 1180 g/mol. The first-order chi connectivity index (χ1) is 45.6. The predicted molar refractivity (Wildman–Crippen MR) is 379 cm³/mol. The molecule has 0 aliphatic heterocycles. The van der Waals surface area contributed by atoms with E-state index in [2.05, 4.69) is 262 Å². The van der Waals surface area contributed by atoms with E-state index in [1.807, 2.05) is 60.9 Å². The summed E-state index contributed by atoms with van der Waals surface area (Å²) in [5.74, 6) is 0.697. The summed E-state index contributed by atoms with van der Waals surface area (Å²) in [6, 6.07) is 103. The molecule has 0 aliphatic carbocycles. The molecule has 0 N–H and O–H groups in total. The second-order valence-corrected chi connectivity index (χ2v) is 23.1. The van der Waals surface area contributed by atoms with Crippen LogP contribution in [0.4, 0.5) is 0 Å². The molecule has 0 saturated heterocycles. The van der Waals surface area contributed by atoms with Crippen LogP contribution in [0.5, 0.6) is 0 Å². The highest BCUT2D eigenvalue weighted by atomic mass is 15.0.